The van der Waals surface area contributed by atoms with Crippen LogP contribution in [0.15, 0.2) is 0 Å². The van der Waals surface area contributed by atoms with Gasteiger partial charge in [0.05, 0.1) is 25.7 Å². The summed E-state index contributed by atoms with van der Waals surface area (Å²) in [5, 5.41) is 0. The molecule has 1 aliphatic rings. The lowest BCUT2D eigenvalue weighted by molar-refractivity contribution is -0.901. The third-order valence-corrected chi connectivity index (χ3v) is 3.43. The topological polar surface area (TPSA) is 3.24 Å². The highest BCUT2D eigenvalue weighted by atomic mass is 15.5. The van der Waals surface area contributed by atoms with Crippen molar-refractivity contribution in [2.24, 2.45) is 0 Å². The van der Waals surface area contributed by atoms with Gasteiger partial charge in [-0.15, -0.1) is 0 Å². The van der Waals surface area contributed by atoms with Crippen LogP contribution in [-0.4, -0.2) is 47.8 Å². The first-order valence-electron chi connectivity index (χ1n) is 5.41. The van der Waals surface area contributed by atoms with Crippen LogP contribution in [0.25, 0.3) is 0 Å². The van der Waals surface area contributed by atoms with Crippen LogP contribution in [0.4, 0.5) is 0 Å². The molecule has 0 bridgehead atoms. The molecule has 0 radical (unpaired) electrons. The molecule has 0 aromatic carbocycles. The van der Waals surface area contributed by atoms with Crippen molar-refractivity contribution in [1.29, 1.82) is 0 Å². The van der Waals surface area contributed by atoms with E-state index in [1.165, 1.54) is 24.2 Å². The van der Waals surface area contributed by atoms with E-state index < -0.39 is 0 Å². The first-order valence-corrected chi connectivity index (χ1v) is 5.41. The molecule has 2 nitrogen and oxygen atoms in total. The molecule has 1 rings (SSSR count). The van der Waals surface area contributed by atoms with E-state index in [1.54, 1.807) is 0 Å². The number of quaternary nitrogens is 1. The molecular weight excluding hydrogens is 160 g/mol. The molecular formula is C11H25N2+. The first-order chi connectivity index (χ1) is 5.81. The summed E-state index contributed by atoms with van der Waals surface area (Å²) in [6.07, 6.45) is 0. The fraction of sp³-hybridized carbons (Fsp3) is 1.00. The Morgan fingerprint density at radius 3 is 2.15 bits per heavy atom. The molecule has 1 atom stereocenters. The number of likely N-dealkylation sites (N-methyl/N-ethyl adjacent to an activating group) is 1. The maximum Gasteiger partial charge on any atom is 0.135 e. The van der Waals surface area contributed by atoms with Gasteiger partial charge in [-0.3, -0.25) is 0 Å². The summed E-state index contributed by atoms with van der Waals surface area (Å²) >= 11 is 0. The highest BCUT2D eigenvalue weighted by Gasteiger charge is 2.46. The van der Waals surface area contributed by atoms with Crippen LogP contribution >= 0.6 is 0 Å². The Kier molecular flexibility index (Phi) is 2.75. The molecule has 0 spiro atoms. The summed E-state index contributed by atoms with van der Waals surface area (Å²) < 4.78 is 1.20. The molecule has 2 heteroatoms. The van der Waals surface area contributed by atoms with Crippen molar-refractivity contribution >= 4 is 0 Å². The Hall–Kier alpha value is -0.0800. The summed E-state index contributed by atoms with van der Waals surface area (Å²) in [5.74, 6) is 0. The monoisotopic (exact) mass is 185 g/mol. The number of rotatable bonds is 2. The molecule has 1 aliphatic heterocycles. The average Bonchev–Trinajstić information content (AvgIpc) is 2.22. The number of hydrogen-bond donors (Lipinski definition) is 0. The van der Waals surface area contributed by atoms with E-state index in [9.17, 15) is 0 Å². The lowest BCUT2D eigenvalue weighted by atomic mass is 10.0. The summed E-state index contributed by atoms with van der Waals surface area (Å²) in [5.41, 5.74) is 0.374. The van der Waals surface area contributed by atoms with Gasteiger partial charge in [0.25, 0.3) is 0 Å². The maximum absolute atomic E-state index is 2.62. The lowest BCUT2D eigenvalue weighted by Crippen LogP contribution is -2.44. The molecule has 0 aliphatic carbocycles. The van der Waals surface area contributed by atoms with E-state index in [2.05, 4.69) is 46.6 Å². The molecule has 0 unspecified atom stereocenters. The first kappa shape index (κ1) is 11.0. The van der Waals surface area contributed by atoms with E-state index in [4.69, 9.17) is 0 Å². The van der Waals surface area contributed by atoms with Crippen LogP contribution in [0.1, 0.15) is 34.6 Å². The molecule has 78 valence electrons. The Balaban J connectivity index is 2.79. The minimum atomic E-state index is 0.374. The van der Waals surface area contributed by atoms with Crippen molar-refractivity contribution in [3.63, 3.8) is 0 Å². The maximum atomic E-state index is 2.62. The van der Waals surface area contributed by atoms with Crippen molar-refractivity contribution in [1.82, 2.24) is 4.90 Å². The molecule has 0 amide bonds. The Morgan fingerprint density at radius 1 is 1.38 bits per heavy atom. The van der Waals surface area contributed by atoms with Crippen molar-refractivity contribution in [3.05, 3.63) is 0 Å². The van der Waals surface area contributed by atoms with Crippen LogP contribution in [0.3, 0.4) is 0 Å². The lowest BCUT2D eigenvalue weighted by Gasteiger charge is -2.30. The minimum absolute atomic E-state index is 0.374. The van der Waals surface area contributed by atoms with Gasteiger partial charge in [0.2, 0.25) is 0 Å². The van der Waals surface area contributed by atoms with Crippen molar-refractivity contribution in [2.75, 3.05) is 26.8 Å². The largest absolute Gasteiger partial charge is 0.312 e. The van der Waals surface area contributed by atoms with E-state index in [1.807, 2.05) is 0 Å². The van der Waals surface area contributed by atoms with E-state index in [-0.39, 0.29) is 0 Å². The Morgan fingerprint density at radius 2 is 1.92 bits per heavy atom. The third-order valence-electron chi connectivity index (χ3n) is 3.43. The van der Waals surface area contributed by atoms with Gasteiger partial charge >= 0.3 is 0 Å². The molecule has 0 saturated carbocycles. The zero-order chi connectivity index (χ0) is 10.3. The molecule has 1 heterocycles. The molecule has 0 N–H and O–H groups in total. The molecule has 0 aromatic heterocycles. The minimum Gasteiger partial charge on any atom is -0.312 e. The second-order valence-electron chi connectivity index (χ2n) is 5.61. The fourth-order valence-electron chi connectivity index (χ4n) is 2.71. The van der Waals surface area contributed by atoms with Gasteiger partial charge in [0, 0.05) is 6.04 Å². The summed E-state index contributed by atoms with van der Waals surface area (Å²) in [7, 11) is 2.37. The SMILES string of the molecule is CC[N@@+]1(C)CN(C(C)C)C(C)(C)C1. The number of nitrogens with zero attached hydrogens (tertiary/aromatic N) is 2. The van der Waals surface area contributed by atoms with E-state index >= 15 is 0 Å². The van der Waals surface area contributed by atoms with Crippen LogP contribution in [-0.2, 0) is 0 Å². The van der Waals surface area contributed by atoms with Gasteiger partial charge in [-0.2, -0.15) is 0 Å². The molecule has 1 saturated heterocycles. The van der Waals surface area contributed by atoms with Crippen LogP contribution in [0.5, 0.6) is 0 Å². The highest BCUT2D eigenvalue weighted by Crippen LogP contribution is 2.30. The molecule has 13 heavy (non-hydrogen) atoms. The van der Waals surface area contributed by atoms with Crippen molar-refractivity contribution < 1.29 is 4.48 Å². The normalized spacial score (nSPS) is 34.4. The molecule has 0 aromatic rings. The second-order valence-corrected chi connectivity index (χ2v) is 5.61. The zero-order valence-corrected chi connectivity index (χ0v) is 10.1. The van der Waals surface area contributed by atoms with Crippen molar-refractivity contribution in [2.45, 2.75) is 46.2 Å². The van der Waals surface area contributed by atoms with Crippen molar-refractivity contribution in [3.8, 4) is 0 Å². The summed E-state index contributed by atoms with van der Waals surface area (Å²) in [6, 6.07) is 0.668. The predicted molar refractivity (Wildman–Crippen MR) is 57.5 cm³/mol. The Labute approximate surface area is 83.1 Å². The van der Waals surface area contributed by atoms with Crippen LogP contribution in [0, 0.1) is 0 Å². The predicted octanol–water partition coefficient (Wildman–Crippen LogP) is 1.91. The van der Waals surface area contributed by atoms with Gasteiger partial charge in [0.15, 0.2) is 0 Å². The Bertz CT molecular complexity index is 187. The number of hydrogen-bond acceptors (Lipinski definition) is 1. The summed E-state index contributed by atoms with van der Waals surface area (Å²) in [6.45, 7) is 15.4. The fourth-order valence-corrected chi connectivity index (χ4v) is 2.71. The highest BCUT2D eigenvalue weighted by molar-refractivity contribution is 4.86. The van der Waals surface area contributed by atoms with E-state index in [0.717, 1.165) is 0 Å². The smallest absolute Gasteiger partial charge is 0.135 e. The quantitative estimate of drug-likeness (QED) is 0.594. The average molecular weight is 185 g/mol. The van der Waals surface area contributed by atoms with Gasteiger partial charge in [-0.1, -0.05) is 0 Å². The van der Waals surface area contributed by atoms with Gasteiger partial charge in [0.1, 0.15) is 6.67 Å². The molecule has 1 fully saturated rings. The van der Waals surface area contributed by atoms with Gasteiger partial charge in [-0.25, -0.2) is 4.90 Å². The van der Waals surface area contributed by atoms with Crippen LogP contribution < -0.4 is 0 Å². The van der Waals surface area contributed by atoms with E-state index in [0.29, 0.717) is 11.6 Å². The second kappa shape index (κ2) is 3.25. The van der Waals surface area contributed by atoms with Crippen LogP contribution in [0.2, 0.25) is 0 Å². The van der Waals surface area contributed by atoms with Gasteiger partial charge in [-0.05, 0) is 34.6 Å². The third kappa shape index (κ3) is 2.05. The van der Waals surface area contributed by atoms with Gasteiger partial charge < -0.3 is 4.48 Å². The zero-order valence-electron chi connectivity index (χ0n) is 10.1. The standard InChI is InChI=1S/C11H25N2/c1-7-13(6)8-11(4,5)12(9-13)10(2)3/h10H,7-9H2,1-6H3/q+1/t13-/m1/s1. The summed E-state index contributed by atoms with van der Waals surface area (Å²) in [4.78, 5) is 2.62.